The molecule has 0 radical (unpaired) electrons. The van der Waals surface area contributed by atoms with Crippen LogP contribution in [0.3, 0.4) is 0 Å². The third-order valence-corrected chi connectivity index (χ3v) is 3.00. The molecule has 18 heavy (non-hydrogen) atoms. The van der Waals surface area contributed by atoms with Gasteiger partial charge in [0.2, 0.25) is 0 Å². The quantitative estimate of drug-likeness (QED) is 0.875. The summed E-state index contributed by atoms with van der Waals surface area (Å²) < 4.78 is 1.74. The van der Waals surface area contributed by atoms with Gasteiger partial charge in [-0.2, -0.15) is 5.10 Å². The molecular weight excluding hydrogens is 228 g/mol. The van der Waals surface area contributed by atoms with Crippen molar-refractivity contribution in [2.75, 3.05) is 20.1 Å². The second-order valence-corrected chi connectivity index (χ2v) is 4.36. The Labute approximate surface area is 106 Å². The highest BCUT2D eigenvalue weighted by atomic mass is 16.2. The summed E-state index contributed by atoms with van der Waals surface area (Å²) in [6, 6.07) is 7.74. The zero-order valence-electron chi connectivity index (χ0n) is 10.8. The molecule has 96 valence electrons. The predicted octanol–water partition coefficient (Wildman–Crippen LogP) is 0.994. The van der Waals surface area contributed by atoms with Crippen molar-refractivity contribution >= 4 is 16.8 Å². The molecule has 0 atom stereocenters. The molecule has 0 unspecified atom stereocenters. The van der Waals surface area contributed by atoms with E-state index in [1.54, 1.807) is 16.6 Å². The van der Waals surface area contributed by atoms with E-state index in [9.17, 15) is 4.79 Å². The summed E-state index contributed by atoms with van der Waals surface area (Å²) in [4.78, 5) is 14.0. The average molecular weight is 246 g/mol. The first-order valence-electron chi connectivity index (χ1n) is 6.02. The largest absolute Gasteiger partial charge is 0.340 e. The fraction of sp³-hybridized carbons (Fsp3) is 0.385. The summed E-state index contributed by atoms with van der Waals surface area (Å²) in [6.45, 7) is 1.24. The van der Waals surface area contributed by atoms with Crippen molar-refractivity contribution in [3.8, 4) is 0 Å². The molecule has 0 spiro atoms. The minimum atomic E-state index is -0.0553. The van der Waals surface area contributed by atoms with Gasteiger partial charge < -0.3 is 10.6 Å². The van der Waals surface area contributed by atoms with E-state index in [0.717, 1.165) is 17.3 Å². The monoisotopic (exact) mass is 246 g/mol. The summed E-state index contributed by atoms with van der Waals surface area (Å²) in [5.74, 6) is -0.0553. The predicted molar refractivity (Wildman–Crippen MR) is 71.3 cm³/mol. The van der Waals surface area contributed by atoms with Crippen LogP contribution in [0.15, 0.2) is 24.3 Å². The number of carbonyl (C=O) groups is 1. The van der Waals surface area contributed by atoms with Crippen LogP contribution in [0.1, 0.15) is 16.9 Å². The minimum Gasteiger partial charge on any atom is -0.340 e. The maximum absolute atomic E-state index is 12.3. The number of para-hydroxylation sites is 1. The van der Waals surface area contributed by atoms with Crippen molar-refractivity contribution in [1.82, 2.24) is 14.7 Å². The van der Waals surface area contributed by atoms with E-state index in [0.29, 0.717) is 18.8 Å². The molecule has 0 aliphatic rings. The third kappa shape index (κ3) is 2.22. The van der Waals surface area contributed by atoms with Crippen LogP contribution in [0.2, 0.25) is 0 Å². The molecule has 0 fully saturated rings. The van der Waals surface area contributed by atoms with Crippen LogP contribution in [0.25, 0.3) is 10.9 Å². The first-order chi connectivity index (χ1) is 8.65. The molecule has 1 heterocycles. The molecule has 0 bridgehead atoms. The van der Waals surface area contributed by atoms with E-state index >= 15 is 0 Å². The molecule has 0 saturated carbocycles. The minimum absolute atomic E-state index is 0.0553. The number of rotatable bonds is 4. The smallest absolute Gasteiger partial charge is 0.274 e. The molecule has 0 aliphatic carbocycles. The van der Waals surface area contributed by atoms with Gasteiger partial charge in [-0.05, 0) is 19.0 Å². The molecule has 5 nitrogen and oxygen atoms in total. The molecule has 2 N–H and O–H groups in total. The maximum atomic E-state index is 12.3. The standard InChI is InChI=1S/C13H18N4O/c1-16(9-5-8-14)13(18)12-10-6-3-4-7-11(10)17(2)15-12/h3-4,6-7H,5,8-9,14H2,1-2H3. The molecule has 5 heteroatoms. The van der Waals surface area contributed by atoms with E-state index < -0.39 is 0 Å². The second-order valence-electron chi connectivity index (χ2n) is 4.36. The lowest BCUT2D eigenvalue weighted by Crippen LogP contribution is -2.29. The van der Waals surface area contributed by atoms with E-state index in [1.165, 1.54) is 0 Å². The van der Waals surface area contributed by atoms with Crippen LogP contribution >= 0.6 is 0 Å². The van der Waals surface area contributed by atoms with Gasteiger partial charge in [-0.15, -0.1) is 0 Å². The fourth-order valence-electron chi connectivity index (χ4n) is 1.98. The molecule has 2 rings (SSSR count). The number of hydrogen-bond acceptors (Lipinski definition) is 3. The molecule has 1 amide bonds. The Balaban J connectivity index is 2.33. The van der Waals surface area contributed by atoms with E-state index in [1.807, 2.05) is 31.3 Å². The number of nitrogens with two attached hydrogens (primary N) is 1. The van der Waals surface area contributed by atoms with Gasteiger partial charge in [-0.1, -0.05) is 18.2 Å². The van der Waals surface area contributed by atoms with Crippen molar-refractivity contribution in [1.29, 1.82) is 0 Å². The van der Waals surface area contributed by atoms with Gasteiger partial charge in [0.25, 0.3) is 5.91 Å². The summed E-state index contributed by atoms with van der Waals surface area (Å²) in [5, 5.41) is 5.21. The molecule has 2 aromatic rings. The van der Waals surface area contributed by atoms with Gasteiger partial charge in [0.1, 0.15) is 0 Å². The highest BCUT2D eigenvalue weighted by molar-refractivity contribution is 6.04. The van der Waals surface area contributed by atoms with Crippen LogP contribution in [0, 0.1) is 0 Å². The maximum Gasteiger partial charge on any atom is 0.274 e. The zero-order valence-corrected chi connectivity index (χ0v) is 10.8. The van der Waals surface area contributed by atoms with Crippen LogP contribution < -0.4 is 5.73 Å². The highest BCUT2D eigenvalue weighted by Gasteiger charge is 2.18. The normalized spacial score (nSPS) is 10.8. The van der Waals surface area contributed by atoms with Crippen molar-refractivity contribution in [3.05, 3.63) is 30.0 Å². The number of aromatic nitrogens is 2. The van der Waals surface area contributed by atoms with Crippen LogP contribution in [0.4, 0.5) is 0 Å². The Morgan fingerprint density at radius 3 is 2.89 bits per heavy atom. The third-order valence-electron chi connectivity index (χ3n) is 3.00. The van der Waals surface area contributed by atoms with E-state index in [-0.39, 0.29) is 5.91 Å². The van der Waals surface area contributed by atoms with E-state index in [2.05, 4.69) is 5.10 Å². The topological polar surface area (TPSA) is 64.2 Å². The molecule has 1 aromatic carbocycles. The Morgan fingerprint density at radius 2 is 2.17 bits per heavy atom. The number of fused-ring (bicyclic) bond motifs is 1. The number of carbonyl (C=O) groups excluding carboxylic acids is 1. The number of nitrogens with zero attached hydrogens (tertiary/aromatic N) is 3. The second kappa shape index (κ2) is 5.18. The Bertz CT molecular complexity index is 561. The van der Waals surface area contributed by atoms with E-state index in [4.69, 9.17) is 5.73 Å². The number of aryl methyl sites for hydroxylation is 1. The summed E-state index contributed by atoms with van der Waals surface area (Å²) in [6.07, 6.45) is 0.799. The molecule has 1 aromatic heterocycles. The van der Waals surface area contributed by atoms with Gasteiger partial charge in [0.05, 0.1) is 5.52 Å². The van der Waals surface area contributed by atoms with Gasteiger partial charge in [-0.3, -0.25) is 9.48 Å². The Kier molecular flexibility index (Phi) is 3.62. The molecule has 0 aliphatic heterocycles. The van der Waals surface area contributed by atoms with Gasteiger partial charge >= 0.3 is 0 Å². The summed E-state index contributed by atoms with van der Waals surface area (Å²) >= 11 is 0. The molecule has 0 saturated heterocycles. The van der Waals surface area contributed by atoms with Crippen LogP contribution in [-0.2, 0) is 7.05 Å². The first kappa shape index (κ1) is 12.6. The van der Waals surface area contributed by atoms with Gasteiger partial charge in [0.15, 0.2) is 5.69 Å². The number of benzene rings is 1. The summed E-state index contributed by atoms with van der Waals surface area (Å²) in [5.41, 5.74) is 6.93. The number of hydrogen-bond donors (Lipinski definition) is 1. The lowest BCUT2D eigenvalue weighted by atomic mass is 10.2. The molecular formula is C13H18N4O. The van der Waals surface area contributed by atoms with Gasteiger partial charge in [0, 0.05) is 26.0 Å². The fourth-order valence-corrected chi connectivity index (χ4v) is 1.98. The van der Waals surface area contributed by atoms with Crippen molar-refractivity contribution in [3.63, 3.8) is 0 Å². The highest BCUT2D eigenvalue weighted by Crippen LogP contribution is 2.18. The lowest BCUT2D eigenvalue weighted by molar-refractivity contribution is 0.0789. The van der Waals surface area contributed by atoms with Crippen molar-refractivity contribution in [2.24, 2.45) is 12.8 Å². The van der Waals surface area contributed by atoms with Crippen LogP contribution in [-0.4, -0.2) is 40.7 Å². The lowest BCUT2D eigenvalue weighted by Gasteiger charge is -2.15. The first-order valence-corrected chi connectivity index (χ1v) is 6.02. The van der Waals surface area contributed by atoms with Gasteiger partial charge in [-0.25, -0.2) is 0 Å². The van der Waals surface area contributed by atoms with Crippen molar-refractivity contribution in [2.45, 2.75) is 6.42 Å². The summed E-state index contributed by atoms with van der Waals surface area (Å²) in [7, 11) is 3.63. The SMILES string of the molecule is CN(CCCN)C(=O)c1nn(C)c2ccccc12. The Morgan fingerprint density at radius 1 is 1.44 bits per heavy atom. The zero-order chi connectivity index (χ0) is 13.1. The Hall–Kier alpha value is -1.88. The van der Waals surface area contributed by atoms with Crippen LogP contribution in [0.5, 0.6) is 0 Å². The number of amides is 1. The van der Waals surface area contributed by atoms with Crippen molar-refractivity contribution < 1.29 is 4.79 Å². The average Bonchev–Trinajstić information content (AvgIpc) is 2.73.